The normalized spacial score (nSPS) is 10.8. The molecule has 16 heavy (non-hydrogen) atoms. The van der Waals surface area contributed by atoms with E-state index in [2.05, 4.69) is 44.7 Å². The minimum absolute atomic E-state index is 0.313. The highest BCUT2D eigenvalue weighted by Crippen LogP contribution is 2.21. The summed E-state index contributed by atoms with van der Waals surface area (Å²) in [6.45, 7) is 4.16. The van der Waals surface area contributed by atoms with E-state index in [0.717, 1.165) is 21.7 Å². The molecule has 4 heteroatoms. The Morgan fingerprint density at radius 3 is 2.69 bits per heavy atom. The van der Waals surface area contributed by atoms with Crippen molar-refractivity contribution in [2.75, 3.05) is 0 Å². The number of hydrogen-bond donors (Lipinski definition) is 0. The van der Waals surface area contributed by atoms with Crippen LogP contribution in [0.4, 0.5) is 0 Å². The predicted octanol–water partition coefficient (Wildman–Crippen LogP) is 3.42. The maximum atomic E-state index is 4.52. The molecule has 0 N–H and O–H groups in total. The summed E-state index contributed by atoms with van der Waals surface area (Å²) >= 11 is 3.41. The summed E-state index contributed by atoms with van der Waals surface area (Å²) in [6, 6.07) is 5.80. The Labute approximate surface area is 103 Å². The van der Waals surface area contributed by atoms with Crippen LogP contribution in [0.3, 0.4) is 0 Å². The molecule has 0 fully saturated rings. The van der Waals surface area contributed by atoms with Gasteiger partial charge in [-0.05, 0) is 34.1 Å². The number of aromatic nitrogens is 3. The first-order valence-corrected chi connectivity index (χ1v) is 5.91. The summed E-state index contributed by atoms with van der Waals surface area (Å²) in [5, 5.41) is 0. The smallest absolute Gasteiger partial charge is 0.132 e. The lowest BCUT2D eigenvalue weighted by Crippen LogP contribution is -1.99. The SMILES string of the molecule is CC(C)c1nc(Br)cc(-c2cccnc2)n1. The highest BCUT2D eigenvalue weighted by atomic mass is 79.9. The maximum Gasteiger partial charge on any atom is 0.132 e. The van der Waals surface area contributed by atoms with E-state index in [0.29, 0.717) is 5.92 Å². The maximum absolute atomic E-state index is 4.52. The Morgan fingerprint density at radius 2 is 2.06 bits per heavy atom. The summed E-state index contributed by atoms with van der Waals surface area (Å²) in [5.41, 5.74) is 1.91. The highest BCUT2D eigenvalue weighted by Gasteiger charge is 2.08. The van der Waals surface area contributed by atoms with Crippen molar-refractivity contribution in [1.82, 2.24) is 15.0 Å². The van der Waals surface area contributed by atoms with Crippen LogP contribution in [-0.4, -0.2) is 15.0 Å². The number of pyridine rings is 1. The standard InChI is InChI=1S/C12H12BrN3/c1-8(2)12-15-10(6-11(13)16-12)9-4-3-5-14-7-9/h3-8H,1-2H3. The van der Waals surface area contributed by atoms with Crippen LogP contribution in [0.15, 0.2) is 35.2 Å². The van der Waals surface area contributed by atoms with Gasteiger partial charge in [0.1, 0.15) is 10.4 Å². The Balaban J connectivity index is 2.50. The zero-order valence-corrected chi connectivity index (χ0v) is 10.8. The average Bonchev–Trinajstić information content (AvgIpc) is 2.29. The van der Waals surface area contributed by atoms with Crippen LogP contribution in [0, 0.1) is 0 Å². The quantitative estimate of drug-likeness (QED) is 0.790. The van der Waals surface area contributed by atoms with Gasteiger partial charge < -0.3 is 0 Å². The monoisotopic (exact) mass is 277 g/mol. The fraction of sp³-hybridized carbons (Fsp3) is 0.250. The molecule has 0 saturated carbocycles. The van der Waals surface area contributed by atoms with Crippen LogP contribution in [0.2, 0.25) is 0 Å². The molecule has 2 heterocycles. The predicted molar refractivity (Wildman–Crippen MR) is 67.1 cm³/mol. The molecule has 2 aromatic rings. The van der Waals surface area contributed by atoms with E-state index in [9.17, 15) is 0 Å². The minimum atomic E-state index is 0.313. The molecule has 3 nitrogen and oxygen atoms in total. The van der Waals surface area contributed by atoms with Gasteiger partial charge in [-0.25, -0.2) is 9.97 Å². The Kier molecular flexibility index (Phi) is 3.29. The van der Waals surface area contributed by atoms with Crippen molar-refractivity contribution in [2.24, 2.45) is 0 Å². The Morgan fingerprint density at radius 1 is 1.25 bits per heavy atom. The highest BCUT2D eigenvalue weighted by molar-refractivity contribution is 9.10. The van der Waals surface area contributed by atoms with Crippen LogP contribution < -0.4 is 0 Å². The first-order valence-electron chi connectivity index (χ1n) is 5.11. The van der Waals surface area contributed by atoms with Gasteiger partial charge in [0, 0.05) is 23.9 Å². The molecule has 0 spiro atoms. The molecule has 2 rings (SSSR count). The third-order valence-electron chi connectivity index (χ3n) is 2.19. The molecule has 0 aromatic carbocycles. The van der Waals surface area contributed by atoms with Gasteiger partial charge in [-0.1, -0.05) is 13.8 Å². The van der Waals surface area contributed by atoms with Crippen molar-refractivity contribution in [3.05, 3.63) is 41.0 Å². The van der Waals surface area contributed by atoms with Crippen molar-refractivity contribution in [1.29, 1.82) is 0 Å². The fourth-order valence-corrected chi connectivity index (χ4v) is 1.75. The first kappa shape index (κ1) is 11.2. The lowest BCUT2D eigenvalue weighted by molar-refractivity contribution is 0.771. The van der Waals surface area contributed by atoms with Gasteiger partial charge in [0.05, 0.1) is 5.69 Å². The van der Waals surface area contributed by atoms with Crippen molar-refractivity contribution < 1.29 is 0 Å². The molecule has 0 aliphatic rings. The zero-order valence-electron chi connectivity index (χ0n) is 9.18. The third kappa shape index (κ3) is 2.44. The van der Waals surface area contributed by atoms with Gasteiger partial charge in [-0.3, -0.25) is 4.98 Å². The molecule has 82 valence electrons. The molecule has 0 saturated heterocycles. The summed E-state index contributed by atoms with van der Waals surface area (Å²) in [5.74, 6) is 1.15. The zero-order chi connectivity index (χ0) is 11.5. The molecule has 0 aliphatic heterocycles. The van der Waals surface area contributed by atoms with Gasteiger partial charge >= 0.3 is 0 Å². The van der Waals surface area contributed by atoms with Crippen LogP contribution in [-0.2, 0) is 0 Å². The molecular weight excluding hydrogens is 266 g/mol. The van der Waals surface area contributed by atoms with Gasteiger partial charge in [0.15, 0.2) is 0 Å². The Hall–Kier alpha value is -1.29. The van der Waals surface area contributed by atoms with Gasteiger partial charge in [-0.2, -0.15) is 0 Å². The molecular formula is C12H12BrN3. The number of halogens is 1. The second-order valence-corrected chi connectivity index (χ2v) is 4.64. The molecule has 2 aromatic heterocycles. The molecule has 0 aliphatic carbocycles. The second-order valence-electron chi connectivity index (χ2n) is 3.83. The Bertz CT molecular complexity index is 483. The number of nitrogens with zero attached hydrogens (tertiary/aromatic N) is 3. The molecule has 0 radical (unpaired) electrons. The van der Waals surface area contributed by atoms with Crippen molar-refractivity contribution >= 4 is 15.9 Å². The third-order valence-corrected chi connectivity index (χ3v) is 2.59. The van der Waals surface area contributed by atoms with Crippen LogP contribution >= 0.6 is 15.9 Å². The van der Waals surface area contributed by atoms with E-state index in [-0.39, 0.29) is 0 Å². The first-order chi connectivity index (χ1) is 7.66. The van der Waals surface area contributed by atoms with E-state index < -0.39 is 0 Å². The van der Waals surface area contributed by atoms with Gasteiger partial charge in [0.2, 0.25) is 0 Å². The molecule has 0 atom stereocenters. The summed E-state index contributed by atoms with van der Waals surface area (Å²) in [4.78, 5) is 13.0. The summed E-state index contributed by atoms with van der Waals surface area (Å²) < 4.78 is 0.810. The topological polar surface area (TPSA) is 38.7 Å². The minimum Gasteiger partial charge on any atom is -0.264 e. The van der Waals surface area contributed by atoms with Crippen molar-refractivity contribution in [3.8, 4) is 11.3 Å². The lowest BCUT2D eigenvalue weighted by atomic mass is 10.1. The van der Waals surface area contributed by atoms with E-state index in [1.54, 1.807) is 12.4 Å². The summed E-state index contributed by atoms with van der Waals surface area (Å²) in [7, 11) is 0. The van der Waals surface area contributed by atoms with Crippen LogP contribution in [0.1, 0.15) is 25.6 Å². The second kappa shape index (κ2) is 4.70. The average molecular weight is 278 g/mol. The van der Waals surface area contributed by atoms with Crippen LogP contribution in [0.5, 0.6) is 0 Å². The molecule has 0 bridgehead atoms. The van der Waals surface area contributed by atoms with Crippen molar-refractivity contribution in [2.45, 2.75) is 19.8 Å². The number of hydrogen-bond acceptors (Lipinski definition) is 3. The fourth-order valence-electron chi connectivity index (χ4n) is 1.36. The molecule has 0 unspecified atom stereocenters. The summed E-state index contributed by atoms with van der Waals surface area (Å²) in [6.07, 6.45) is 3.56. The number of rotatable bonds is 2. The molecule has 0 amide bonds. The van der Waals surface area contributed by atoms with E-state index >= 15 is 0 Å². The van der Waals surface area contributed by atoms with Crippen molar-refractivity contribution in [3.63, 3.8) is 0 Å². The van der Waals surface area contributed by atoms with E-state index in [1.807, 2.05) is 18.2 Å². The van der Waals surface area contributed by atoms with Gasteiger partial charge in [0.25, 0.3) is 0 Å². The van der Waals surface area contributed by atoms with Crippen LogP contribution in [0.25, 0.3) is 11.3 Å². The lowest BCUT2D eigenvalue weighted by Gasteiger charge is -2.07. The van der Waals surface area contributed by atoms with E-state index in [4.69, 9.17) is 0 Å². The van der Waals surface area contributed by atoms with E-state index in [1.165, 1.54) is 0 Å². The van der Waals surface area contributed by atoms with Gasteiger partial charge in [-0.15, -0.1) is 0 Å². The largest absolute Gasteiger partial charge is 0.264 e.